The van der Waals surface area contributed by atoms with Crippen LogP contribution in [0.2, 0.25) is 0 Å². The van der Waals surface area contributed by atoms with Crippen molar-refractivity contribution in [3.05, 3.63) is 37.8 Å². The van der Waals surface area contributed by atoms with Gasteiger partial charge in [0.1, 0.15) is 10.0 Å². The summed E-state index contributed by atoms with van der Waals surface area (Å²) >= 11 is 7.90. The van der Waals surface area contributed by atoms with Crippen LogP contribution in [0, 0.1) is 10.1 Å². The predicted molar refractivity (Wildman–Crippen MR) is 60.8 cm³/mol. The summed E-state index contributed by atoms with van der Waals surface area (Å²) in [6, 6.07) is 1.34. The van der Waals surface area contributed by atoms with E-state index >= 15 is 0 Å². The van der Waals surface area contributed by atoms with E-state index in [1.165, 1.54) is 0 Å². The SMILES string of the molecule is O=C(CCl)c1ccc(C(F)(F)F)c([N+](=O)[O-])c1Br. The summed E-state index contributed by atoms with van der Waals surface area (Å²) in [5.41, 5.74) is -2.88. The van der Waals surface area contributed by atoms with Crippen LogP contribution >= 0.6 is 27.5 Å². The quantitative estimate of drug-likeness (QED) is 0.362. The van der Waals surface area contributed by atoms with Crippen molar-refractivity contribution in [3.63, 3.8) is 0 Å². The van der Waals surface area contributed by atoms with Gasteiger partial charge in [-0.15, -0.1) is 11.6 Å². The number of rotatable bonds is 3. The van der Waals surface area contributed by atoms with Gasteiger partial charge in [-0.05, 0) is 28.1 Å². The number of hydrogen-bond donors (Lipinski definition) is 0. The van der Waals surface area contributed by atoms with Gasteiger partial charge in [-0.3, -0.25) is 14.9 Å². The fourth-order valence-electron chi connectivity index (χ4n) is 1.26. The molecule has 4 nitrogen and oxygen atoms in total. The highest BCUT2D eigenvalue weighted by molar-refractivity contribution is 9.10. The molecule has 0 saturated carbocycles. The van der Waals surface area contributed by atoms with E-state index in [1.54, 1.807) is 0 Å². The standard InChI is InChI=1S/C9H4BrClF3NO3/c10-7-4(6(16)3-11)1-2-5(9(12,13)14)8(7)15(17)18/h1-2H,3H2. The summed E-state index contributed by atoms with van der Waals surface area (Å²) < 4.78 is 37.2. The molecule has 18 heavy (non-hydrogen) atoms. The molecular weight excluding hydrogens is 342 g/mol. The normalized spacial score (nSPS) is 11.4. The summed E-state index contributed by atoms with van der Waals surface area (Å²) in [6.45, 7) is 0. The Morgan fingerprint density at radius 3 is 2.39 bits per heavy atom. The molecule has 0 aliphatic carbocycles. The van der Waals surface area contributed by atoms with Crippen molar-refractivity contribution in [2.45, 2.75) is 6.18 Å². The minimum Gasteiger partial charge on any atom is -0.293 e. The molecule has 0 unspecified atom stereocenters. The maximum absolute atomic E-state index is 12.6. The number of hydrogen-bond acceptors (Lipinski definition) is 3. The van der Waals surface area contributed by atoms with Crippen LogP contribution in [0.15, 0.2) is 16.6 Å². The summed E-state index contributed by atoms with van der Waals surface area (Å²) in [6.07, 6.45) is -4.88. The molecule has 0 fully saturated rings. The minimum atomic E-state index is -4.88. The average Bonchev–Trinajstić information content (AvgIpc) is 2.25. The maximum atomic E-state index is 12.6. The zero-order valence-corrected chi connectivity index (χ0v) is 10.8. The van der Waals surface area contributed by atoms with E-state index in [0.717, 1.165) is 6.07 Å². The number of carbonyl (C=O) groups excluding carboxylic acids is 1. The number of ketones is 1. The van der Waals surface area contributed by atoms with Gasteiger partial charge in [0.15, 0.2) is 5.78 Å². The van der Waals surface area contributed by atoms with E-state index in [0.29, 0.717) is 6.07 Å². The number of alkyl halides is 4. The molecule has 0 spiro atoms. The van der Waals surface area contributed by atoms with E-state index in [-0.39, 0.29) is 5.56 Å². The number of nitro benzene ring substituents is 1. The molecule has 0 N–H and O–H groups in total. The van der Waals surface area contributed by atoms with E-state index in [2.05, 4.69) is 15.9 Å². The second-order valence-electron chi connectivity index (χ2n) is 3.13. The highest BCUT2D eigenvalue weighted by Gasteiger charge is 2.40. The lowest BCUT2D eigenvalue weighted by Gasteiger charge is -2.10. The second kappa shape index (κ2) is 5.23. The highest BCUT2D eigenvalue weighted by atomic mass is 79.9. The average molecular weight is 346 g/mol. The molecule has 0 aromatic heterocycles. The number of nitro groups is 1. The first-order chi connectivity index (χ1) is 8.20. The number of halogens is 5. The molecule has 1 rings (SSSR count). The first-order valence-corrected chi connectivity index (χ1v) is 5.66. The zero-order chi connectivity index (χ0) is 14.1. The Labute approximate surface area is 112 Å². The molecular formula is C9H4BrClF3NO3. The Bertz CT molecular complexity index is 519. The molecule has 0 aliphatic heterocycles. The number of benzene rings is 1. The van der Waals surface area contributed by atoms with Gasteiger partial charge in [0.25, 0.3) is 5.69 Å². The van der Waals surface area contributed by atoms with Gasteiger partial charge in [-0.1, -0.05) is 0 Å². The van der Waals surface area contributed by atoms with Gasteiger partial charge >= 0.3 is 6.18 Å². The first kappa shape index (κ1) is 14.9. The molecule has 0 saturated heterocycles. The summed E-state index contributed by atoms with van der Waals surface area (Å²) in [5, 5.41) is 10.7. The molecule has 98 valence electrons. The molecule has 0 aliphatic rings. The Kier molecular flexibility index (Phi) is 4.33. The van der Waals surface area contributed by atoms with Crippen molar-refractivity contribution in [1.29, 1.82) is 0 Å². The molecule has 0 atom stereocenters. The number of Topliss-reactive ketones (excluding diaryl/α,β-unsaturated/α-hetero) is 1. The van der Waals surface area contributed by atoms with Gasteiger partial charge in [0.2, 0.25) is 0 Å². The van der Waals surface area contributed by atoms with Crippen molar-refractivity contribution >= 4 is 39.0 Å². The van der Waals surface area contributed by atoms with Crippen LogP contribution in [0.1, 0.15) is 15.9 Å². The smallest absolute Gasteiger partial charge is 0.293 e. The maximum Gasteiger partial charge on any atom is 0.423 e. The fourth-order valence-corrected chi connectivity index (χ4v) is 2.11. The fraction of sp³-hybridized carbons (Fsp3) is 0.222. The lowest BCUT2D eigenvalue weighted by molar-refractivity contribution is -0.388. The topological polar surface area (TPSA) is 60.2 Å². The largest absolute Gasteiger partial charge is 0.423 e. The van der Waals surface area contributed by atoms with Gasteiger partial charge < -0.3 is 0 Å². The van der Waals surface area contributed by atoms with Crippen LogP contribution in [0.5, 0.6) is 0 Å². The Morgan fingerprint density at radius 1 is 1.44 bits per heavy atom. The van der Waals surface area contributed by atoms with Crippen LogP contribution in [0.3, 0.4) is 0 Å². The van der Waals surface area contributed by atoms with Crippen molar-refractivity contribution in [3.8, 4) is 0 Å². The van der Waals surface area contributed by atoms with E-state index in [9.17, 15) is 28.1 Å². The summed E-state index contributed by atoms with van der Waals surface area (Å²) in [7, 11) is 0. The third kappa shape index (κ3) is 2.81. The lowest BCUT2D eigenvalue weighted by Crippen LogP contribution is -2.12. The first-order valence-electron chi connectivity index (χ1n) is 4.33. The molecule has 0 heterocycles. The third-order valence-corrected chi connectivity index (χ3v) is 3.07. The van der Waals surface area contributed by atoms with Crippen molar-refractivity contribution in [2.75, 3.05) is 5.88 Å². The van der Waals surface area contributed by atoms with Crippen LogP contribution in [0.25, 0.3) is 0 Å². The van der Waals surface area contributed by atoms with E-state index in [4.69, 9.17) is 11.6 Å². The molecule has 1 aromatic rings. The Balaban J connectivity index is 3.58. The second-order valence-corrected chi connectivity index (χ2v) is 4.20. The monoisotopic (exact) mass is 345 g/mol. The third-order valence-electron chi connectivity index (χ3n) is 2.03. The molecule has 9 heteroatoms. The van der Waals surface area contributed by atoms with E-state index < -0.39 is 38.5 Å². The van der Waals surface area contributed by atoms with Gasteiger partial charge in [-0.2, -0.15) is 13.2 Å². The summed E-state index contributed by atoms with van der Waals surface area (Å²) in [4.78, 5) is 20.8. The zero-order valence-electron chi connectivity index (χ0n) is 8.42. The minimum absolute atomic E-state index is 0.260. The Morgan fingerprint density at radius 2 is 2.00 bits per heavy atom. The van der Waals surface area contributed by atoms with Crippen molar-refractivity contribution in [2.24, 2.45) is 0 Å². The number of carbonyl (C=O) groups is 1. The highest BCUT2D eigenvalue weighted by Crippen LogP contribution is 2.41. The molecule has 0 bridgehead atoms. The molecule has 1 aromatic carbocycles. The Hall–Kier alpha value is -1.15. The molecule has 0 radical (unpaired) electrons. The van der Waals surface area contributed by atoms with Crippen molar-refractivity contribution < 1.29 is 22.9 Å². The number of nitrogens with zero attached hydrogens (tertiary/aromatic N) is 1. The van der Waals surface area contributed by atoms with Gasteiger partial charge in [0.05, 0.1) is 10.8 Å². The van der Waals surface area contributed by atoms with Gasteiger partial charge in [-0.25, -0.2) is 0 Å². The molecule has 0 amide bonds. The van der Waals surface area contributed by atoms with E-state index in [1.807, 2.05) is 0 Å². The van der Waals surface area contributed by atoms with Crippen LogP contribution in [0.4, 0.5) is 18.9 Å². The van der Waals surface area contributed by atoms with Crippen LogP contribution in [-0.4, -0.2) is 16.6 Å². The van der Waals surface area contributed by atoms with Crippen LogP contribution < -0.4 is 0 Å². The summed E-state index contributed by atoms with van der Waals surface area (Å²) in [5.74, 6) is -1.19. The lowest BCUT2D eigenvalue weighted by atomic mass is 10.1. The predicted octanol–water partition coefficient (Wildman–Crippen LogP) is 3.80. The van der Waals surface area contributed by atoms with Crippen LogP contribution in [-0.2, 0) is 6.18 Å². The van der Waals surface area contributed by atoms with Gasteiger partial charge in [0, 0.05) is 5.56 Å². The van der Waals surface area contributed by atoms with Crippen molar-refractivity contribution in [1.82, 2.24) is 0 Å².